The lowest BCUT2D eigenvalue weighted by Crippen LogP contribution is -2.06. The van der Waals surface area contributed by atoms with Gasteiger partial charge in [-0.25, -0.2) is 0 Å². The monoisotopic (exact) mass is 323 g/mol. The molecule has 0 unspecified atom stereocenters. The van der Waals surface area contributed by atoms with Crippen molar-refractivity contribution in [1.82, 2.24) is 0 Å². The van der Waals surface area contributed by atoms with Gasteiger partial charge < -0.3 is 14.8 Å². The quantitative estimate of drug-likeness (QED) is 0.831. The van der Waals surface area contributed by atoms with E-state index < -0.39 is 0 Å². The first-order chi connectivity index (χ1) is 11.6. The summed E-state index contributed by atoms with van der Waals surface area (Å²) in [7, 11) is 0. The van der Waals surface area contributed by atoms with E-state index in [2.05, 4.69) is 5.32 Å². The van der Waals surface area contributed by atoms with Gasteiger partial charge in [-0.05, 0) is 45.0 Å². The van der Waals surface area contributed by atoms with E-state index in [4.69, 9.17) is 9.47 Å². The average molecular weight is 323 g/mol. The highest BCUT2D eigenvalue weighted by atomic mass is 16.5. The van der Waals surface area contributed by atoms with Gasteiger partial charge in [-0.2, -0.15) is 0 Å². The lowest BCUT2D eigenvalue weighted by Gasteiger charge is -2.10. The van der Waals surface area contributed by atoms with Crippen LogP contribution in [0.5, 0.6) is 11.5 Å². The van der Waals surface area contributed by atoms with E-state index >= 15 is 0 Å². The summed E-state index contributed by atoms with van der Waals surface area (Å²) in [6.07, 6.45) is 1.96. The summed E-state index contributed by atoms with van der Waals surface area (Å²) in [5, 5.41) is 2.90. The third-order valence-corrected chi connectivity index (χ3v) is 3.66. The Morgan fingerprint density at radius 3 is 2.71 bits per heavy atom. The molecule has 1 aliphatic heterocycles. The zero-order chi connectivity index (χ0) is 17.1. The number of rotatable bonds is 5. The second kappa shape index (κ2) is 6.79. The zero-order valence-electron chi connectivity index (χ0n) is 14.1. The van der Waals surface area contributed by atoms with Crippen molar-refractivity contribution in [2.24, 2.45) is 0 Å². The Labute approximate surface area is 142 Å². The molecule has 0 radical (unpaired) electrons. The summed E-state index contributed by atoms with van der Waals surface area (Å²) in [4.78, 5) is 12.4. The van der Waals surface area contributed by atoms with Crippen LogP contribution in [0.1, 0.15) is 31.9 Å². The van der Waals surface area contributed by atoms with Gasteiger partial charge in [-0.15, -0.1) is 0 Å². The van der Waals surface area contributed by atoms with Crippen molar-refractivity contribution in [3.63, 3.8) is 0 Å². The van der Waals surface area contributed by atoms with Crippen LogP contribution >= 0.6 is 0 Å². The lowest BCUT2D eigenvalue weighted by atomic mass is 10.0. The molecule has 1 aliphatic rings. The van der Waals surface area contributed by atoms with Gasteiger partial charge in [0.25, 0.3) is 5.91 Å². The molecule has 0 aliphatic carbocycles. The van der Waals surface area contributed by atoms with Crippen LogP contribution in [0.15, 0.2) is 42.5 Å². The number of benzene rings is 2. The number of para-hydroxylation sites is 1. The predicted octanol–water partition coefficient (Wildman–Crippen LogP) is 4.37. The maximum Gasteiger partial charge on any atom is 0.256 e. The van der Waals surface area contributed by atoms with Crippen molar-refractivity contribution in [2.45, 2.75) is 26.9 Å². The first-order valence-corrected chi connectivity index (χ1v) is 8.14. The molecule has 0 atom stereocenters. The van der Waals surface area contributed by atoms with Crippen molar-refractivity contribution in [3.05, 3.63) is 53.6 Å². The fourth-order valence-corrected chi connectivity index (χ4v) is 2.70. The minimum Gasteiger partial charge on any atom is -0.493 e. The Morgan fingerprint density at radius 1 is 1.17 bits per heavy atom. The molecule has 4 heteroatoms. The molecule has 0 saturated heterocycles. The molecule has 2 aromatic rings. The number of hydrogen-bond acceptors (Lipinski definition) is 3. The summed E-state index contributed by atoms with van der Waals surface area (Å²) in [6, 6.07) is 13.4. The predicted molar refractivity (Wildman–Crippen MR) is 96.3 cm³/mol. The molecule has 1 N–H and O–H groups in total. The van der Waals surface area contributed by atoms with Crippen LogP contribution in [0.2, 0.25) is 0 Å². The Hall–Kier alpha value is -2.75. The molecule has 2 aromatic carbocycles. The van der Waals surface area contributed by atoms with Gasteiger partial charge >= 0.3 is 0 Å². The maximum absolute atomic E-state index is 12.4. The van der Waals surface area contributed by atoms with Crippen molar-refractivity contribution in [1.29, 1.82) is 0 Å². The number of hydrogen-bond donors (Lipinski definition) is 1. The number of carbonyl (C=O) groups excluding carboxylic acids is 1. The van der Waals surface area contributed by atoms with Crippen LogP contribution in [0.3, 0.4) is 0 Å². The van der Waals surface area contributed by atoms with Gasteiger partial charge in [0.15, 0.2) is 0 Å². The van der Waals surface area contributed by atoms with E-state index in [1.165, 1.54) is 0 Å². The largest absolute Gasteiger partial charge is 0.493 e. The Bertz CT molecular complexity index is 793. The summed E-state index contributed by atoms with van der Waals surface area (Å²) in [6.45, 7) is 6.47. The van der Waals surface area contributed by atoms with Gasteiger partial charge in [0.05, 0.1) is 18.4 Å². The maximum atomic E-state index is 12.4. The number of anilines is 1. The van der Waals surface area contributed by atoms with E-state index in [9.17, 15) is 4.79 Å². The molecule has 0 fully saturated rings. The van der Waals surface area contributed by atoms with Gasteiger partial charge in [0, 0.05) is 22.8 Å². The number of ether oxygens (including phenoxy) is 2. The molecule has 3 rings (SSSR count). The van der Waals surface area contributed by atoms with E-state index in [1.807, 2.05) is 69.3 Å². The van der Waals surface area contributed by atoms with Gasteiger partial charge in [0.1, 0.15) is 11.5 Å². The number of nitrogens with one attached hydrogen (secondary N) is 1. The molecular formula is C20H21NO3. The second-order valence-electron chi connectivity index (χ2n) is 5.86. The van der Waals surface area contributed by atoms with Crippen molar-refractivity contribution in [2.75, 3.05) is 11.9 Å². The minimum atomic E-state index is -0.113. The summed E-state index contributed by atoms with van der Waals surface area (Å²) >= 11 is 0. The molecular weight excluding hydrogens is 302 g/mol. The molecule has 1 amide bonds. The highest BCUT2D eigenvalue weighted by Crippen LogP contribution is 2.36. The highest BCUT2D eigenvalue weighted by molar-refractivity contribution is 6.35. The Morgan fingerprint density at radius 2 is 1.96 bits per heavy atom. The second-order valence-corrected chi connectivity index (χ2v) is 5.86. The van der Waals surface area contributed by atoms with E-state index in [-0.39, 0.29) is 12.0 Å². The van der Waals surface area contributed by atoms with Crippen LogP contribution in [0, 0.1) is 0 Å². The SMILES string of the molecule is CCOc1ccccc1/C=C1/C(=O)Nc2cc(OC(C)C)ccc21. The Kier molecular flexibility index (Phi) is 4.56. The first kappa shape index (κ1) is 16.1. The number of carbonyl (C=O) groups is 1. The molecule has 24 heavy (non-hydrogen) atoms. The van der Waals surface area contributed by atoms with Crippen molar-refractivity contribution >= 4 is 23.2 Å². The van der Waals surface area contributed by atoms with E-state index in [1.54, 1.807) is 0 Å². The number of amides is 1. The summed E-state index contributed by atoms with van der Waals surface area (Å²) < 4.78 is 11.3. The molecule has 0 saturated carbocycles. The van der Waals surface area contributed by atoms with Gasteiger partial charge in [0.2, 0.25) is 0 Å². The first-order valence-electron chi connectivity index (χ1n) is 8.14. The van der Waals surface area contributed by atoms with Crippen LogP contribution < -0.4 is 14.8 Å². The van der Waals surface area contributed by atoms with Crippen LogP contribution in [-0.2, 0) is 4.79 Å². The smallest absolute Gasteiger partial charge is 0.256 e. The number of fused-ring (bicyclic) bond motifs is 1. The molecule has 0 aromatic heterocycles. The standard InChI is InChI=1S/C20H21NO3/c1-4-23-19-8-6-5-7-14(19)11-17-16-10-9-15(24-13(2)3)12-18(16)21-20(17)22/h5-13H,4H2,1-3H3,(H,21,22)/b17-11+. The Balaban J connectivity index is 1.98. The molecule has 0 bridgehead atoms. The van der Waals surface area contributed by atoms with Crippen LogP contribution in [-0.4, -0.2) is 18.6 Å². The summed E-state index contributed by atoms with van der Waals surface area (Å²) in [5.74, 6) is 1.41. The van der Waals surface area contributed by atoms with Crippen molar-refractivity contribution < 1.29 is 14.3 Å². The third-order valence-electron chi connectivity index (χ3n) is 3.66. The fourth-order valence-electron chi connectivity index (χ4n) is 2.70. The van der Waals surface area contributed by atoms with Crippen LogP contribution in [0.4, 0.5) is 5.69 Å². The molecule has 1 heterocycles. The van der Waals surface area contributed by atoms with Crippen molar-refractivity contribution in [3.8, 4) is 11.5 Å². The molecule has 124 valence electrons. The topological polar surface area (TPSA) is 47.6 Å². The highest BCUT2D eigenvalue weighted by Gasteiger charge is 2.25. The van der Waals surface area contributed by atoms with Crippen LogP contribution in [0.25, 0.3) is 11.6 Å². The van der Waals surface area contributed by atoms with E-state index in [0.29, 0.717) is 12.2 Å². The van der Waals surface area contributed by atoms with Gasteiger partial charge in [-0.1, -0.05) is 18.2 Å². The normalized spacial score (nSPS) is 14.7. The lowest BCUT2D eigenvalue weighted by molar-refractivity contribution is -0.110. The molecule has 4 nitrogen and oxygen atoms in total. The fraction of sp³-hybridized carbons (Fsp3) is 0.250. The van der Waals surface area contributed by atoms with E-state index in [0.717, 1.165) is 28.3 Å². The zero-order valence-corrected chi connectivity index (χ0v) is 14.1. The molecule has 0 spiro atoms. The average Bonchev–Trinajstić information content (AvgIpc) is 2.84. The minimum absolute atomic E-state index is 0.0910. The van der Waals surface area contributed by atoms with Gasteiger partial charge in [-0.3, -0.25) is 4.79 Å². The summed E-state index contributed by atoms with van der Waals surface area (Å²) in [5.41, 5.74) is 3.17. The third kappa shape index (κ3) is 3.27.